The fourth-order valence-electron chi connectivity index (χ4n) is 4.10. The number of piperazine rings is 1. The van der Waals surface area contributed by atoms with Gasteiger partial charge in [0.2, 0.25) is 0 Å². The molecule has 0 saturated carbocycles. The van der Waals surface area contributed by atoms with E-state index in [0.717, 1.165) is 35.1 Å². The number of aromatic nitrogens is 3. The van der Waals surface area contributed by atoms with Gasteiger partial charge in [-0.15, -0.1) is 0 Å². The van der Waals surface area contributed by atoms with Crippen LogP contribution in [0.4, 0.5) is 17.2 Å². The van der Waals surface area contributed by atoms with Crippen LogP contribution in [-0.2, 0) is 10.0 Å². The van der Waals surface area contributed by atoms with E-state index in [1.165, 1.54) is 18.3 Å². The summed E-state index contributed by atoms with van der Waals surface area (Å²) in [6.45, 7) is 5.05. The normalized spacial score (nSPS) is 16.4. The highest BCUT2D eigenvalue weighted by atomic mass is 32.2. The van der Waals surface area contributed by atoms with E-state index in [1.54, 1.807) is 24.4 Å². The van der Waals surface area contributed by atoms with Crippen molar-refractivity contribution in [3.8, 4) is 6.07 Å². The van der Waals surface area contributed by atoms with Gasteiger partial charge in [-0.25, -0.2) is 4.98 Å². The number of nitrogens with zero attached hydrogens (tertiary/aromatic N) is 5. The lowest BCUT2D eigenvalue weighted by atomic mass is 10.2. The Bertz CT molecular complexity index is 1490. The standard InChI is InChI=1S/C24H23N7O2S/c1-17-16-30(11-10-26-17)21-8-6-20(7-9-21)29-24-12-22-19(14-27-24)15-28-31(22)34(32,33)23-5-3-2-4-18(23)13-25/h2-9,12,14-15,17,26H,10-11,16H2,1H3,(H,27,29). The Kier molecular flexibility index (Phi) is 5.65. The molecule has 4 aromatic rings. The molecule has 172 valence electrons. The average molecular weight is 474 g/mol. The molecule has 1 aliphatic heterocycles. The van der Waals surface area contributed by atoms with Crippen LogP contribution in [0.1, 0.15) is 12.5 Å². The van der Waals surface area contributed by atoms with Crippen molar-refractivity contribution in [3.63, 3.8) is 0 Å². The largest absolute Gasteiger partial charge is 0.369 e. The molecule has 1 atom stereocenters. The molecule has 5 rings (SSSR count). The smallest absolute Gasteiger partial charge is 0.284 e. The summed E-state index contributed by atoms with van der Waals surface area (Å²) in [6, 6.07) is 18.2. The minimum atomic E-state index is -4.06. The molecule has 1 aliphatic rings. The first-order valence-corrected chi connectivity index (χ1v) is 12.3. The van der Waals surface area contributed by atoms with E-state index in [-0.39, 0.29) is 10.5 Å². The maximum absolute atomic E-state index is 13.3. The van der Waals surface area contributed by atoms with Crippen molar-refractivity contribution in [2.45, 2.75) is 17.9 Å². The van der Waals surface area contributed by atoms with E-state index in [0.29, 0.717) is 22.8 Å². The van der Waals surface area contributed by atoms with Crippen molar-refractivity contribution in [3.05, 3.63) is 72.6 Å². The predicted octanol–water partition coefficient (Wildman–Crippen LogP) is 3.08. The maximum Gasteiger partial charge on any atom is 0.284 e. The van der Waals surface area contributed by atoms with Crippen LogP contribution in [-0.4, -0.2) is 48.3 Å². The second kappa shape index (κ2) is 8.78. The molecule has 1 saturated heterocycles. The van der Waals surface area contributed by atoms with Crippen molar-refractivity contribution >= 4 is 38.1 Å². The van der Waals surface area contributed by atoms with Crippen LogP contribution >= 0.6 is 0 Å². The Morgan fingerprint density at radius 3 is 2.71 bits per heavy atom. The van der Waals surface area contributed by atoms with Gasteiger partial charge in [-0.3, -0.25) is 0 Å². The number of anilines is 3. The fourth-order valence-corrected chi connectivity index (χ4v) is 5.52. The van der Waals surface area contributed by atoms with Crippen molar-refractivity contribution < 1.29 is 8.42 Å². The third kappa shape index (κ3) is 4.07. The van der Waals surface area contributed by atoms with Gasteiger partial charge in [0.15, 0.2) is 0 Å². The average Bonchev–Trinajstić information content (AvgIpc) is 3.29. The number of benzene rings is 2. The SMILES string of the molecule is CC1CN(c2ccc(Nc3cc4c(cn3)cnn4S(=O)(=O)c3ccccc3C#N)cc2)CCN1. The van der Waals surface area contributed by atoms with E-state index in [4.69, 9.17) is 0 Å². The van der Waals surface area contributed by atoms with Gasteiger partial charge < -0.3 is 15.5 Å². The first-order valence-electron chi connectivity index (χ1n) is 10.9. The quantitative estimate of drug-likeness (QED) is 0.454. The van der Waals surface area contributed by atoms with Gasteiger partial charge in [-0.2, -0.15) is 22.9 Å². The summed E-state index contributed by atoms with van der Waals surface area (Å²) in [5.41, 5.74) is 2.43. The number of fused-ring (bicyclic) bond motifs is 1. The van der Waals surface area contributed by atoms with Gasteiger partial charge in [0.05, 0.1) is 17.3 Å². The second-order valence-electron chi connectivity index (χ2n) is 8.20. The molecule has 1 unspecified atom stereocenters. The van der Waals surface area contributed by atoms with Gasteiger partial charge in [-0.1, -0.05) is 12.1 Å². The van der Waals surface area contributed by atoms with Crippen LogP contribution in [0.2, 0.25) is 0 Å². The number of hydrogen-bond donors (Lipinski definition) is 2. The van der Waals surface area contributed by atoms with Crippen molar-refractivity contribution in [1.29, 1.82) is 5.26 Å². The zero-order chi connectivity index (χ0) is 23.7. The predicted molar refractivity (Wildman–Crippen MR) is 131 cm³/mol. The Balaban J connectivity index is 1.43. The van der Waals surface area contributed by atoms with Gasteiger partial charge in [0.25, 0.3) is 10.0 Å². The van der Waals surface area contributed by atoms with Gasteiger partial charge in [-0.05, 0) is 43.3 Å². The zero-order valence-electron chi connectivity index (χ0n) is 18.5. The van der Waals surface area contributed by atoms with E-state index in [1.807, 2.05) is 18.2 Å². The first kappa shape index (κ1) is 21.9. The summed E-state index contributed by atoms with van der Waals surface area (Å²) in [5, 5.41) is 20.7. The Morgan fingerprint density at radius 2 is 1.94 bits per heavy atom. The molecular weight excluding hydrogens is 450 g/mol. The van der Waals surface area contributed by atoms with Crippen molar-refractivity contribution in [2.75, 3.05) is 29.9 Å². The lowest BCUT2D eigenvalue weighted by Gasteiger charge is -2.33. The molecule has 0 amide bonds. The molecule has 1 fully saturated rings. The third-order valence-corrected chi connectivity index (χ3v) is 7.46. The minimum absolute atomic E-state index is 0.0672. The summed E-state index contributed by atoms with van der Waals surface area (Å²) in [5.74, 6) is 0.488. The third-order valence-electron chi connectivity index (χ3n) is 5.81. The lowest BCUT2D eigenvalue weighted by molar-refractivity contribution is 0.485. The molecule has 9 nitrogen and oxygen atoms in total. The molecule has 34 heavy (non-hydrogen) atoms. The fraction of sp³-hybridized carbons (Fsp3) is 0.208. The van der Waals surface area contributed by atoms with Crippen LogP contribution in [0.5, 0.6) is 0 Å². The van der Waals surface area contributed by atoms with Gasteiger partial charge in [0, 0.05) is 54.7 Å². The summed E-state index contributed by atoms with van der Waals surface area (Å²) < 4.78 is 27.5. The molecule has 2 aromatic heterocycles. The summed E-state index contributed by atoms with van der Waals surface area (Å²) in [4.78, 5) is 6.65. The highest BCUT2D eigenvalue weighted by Crippen LogP contribution is 2.26. The highest BCUT2D eigenvalue weighted by molar-refractivity contribution is 7.90. The lowest BCUT2D eigenvalue weighted by Crippen LogP contribution is -2.49. The number of nitriles is 1. The van der Waals surface area contributed by atoms with Crippen LogP contribution in [0, 0.1) is 11.3 Å². The van der Waals surface area contributed by atoms with Crippen LogP contribution in [0.15, 0.2) is 71.9 Å². The number of rotatable bonds is 5. The molecule has 0 bridgehead atoms. The summed E-state index contributed by atoms with van der Waals surface area (Å²) in [7, 11) is -4.06. The van der Waals surface area contributed by atoms with Gasteiger partial charge >= 0.3 is 0 Å². The second-order valence-corrected chi connectivity index (χ2v) is 9.94. The molecule has 0 radical (unpaired) electrons. The highest BCUT2D eigenvalue weighted by Gasteiger charge is 2.24. The van der Waals surface area contributed by atoms with Crippen LogP contribution in [0.25, 0.3) is 10.9 Å². The van der Waals surface area contributed by atoms with E-state index in [2.05, 4.69) is 44.7 Å². The first-order chi connectivity index (χ1) is 16.5. The maximum atomic E-state index is 13.3. The number of pyridine rings is 1. The molecule has 0 spiro atoms. The molecule has 0 aliphatic carbocycles. The molecule has 2 N–H and O–H groups in total. The molecule has 2 aromatic carbocycles. The summed E-state index contributed by atoms with van der Waals surface area (Å²) in [6.07, 6.45) is 3.02. The van der Waals surface area contributed by atoms with E-state index in [9.17, 15) is 13.7 Å². The topological polar surface area (TPSA) is 116 Å². The Labute approximate surface area is 197 Å². The van der Waals surface area contributed by atoms with E-state index < -0.39 is 10.0 Å². The number of nitrogens with one attached hydrogen (secondary N) is 2. The zero-order valence-corrected chi connectivity index (χ0v) is 19.3. The van der Waals surface area contributed by atoms with Gasteiger partial charge in [0.1, 0.15) is 16.8 Å². The summed E-state index contributed by atoms with van der Waals surface area (Å²) >= 11 is 0. The Hall–Kier alpha value is -3.94. The number of hydrogen-bond acceptors (Lipinski definition) is 8. The van der Waals surface area contributed by atoms with Crippen LogP contribution in [0.3, 0.4) is 0 Å². The monoisotopic (exact) mass is 473 g/mol. The molecule has 10 heteroatoms. The van der Waals surface area contributed by atoms with Crippen molar-refractivity contribution in [1.82, 2.24) is 19.5 Å². The Morgan fingerprint density at radius 1 is 1.15 bits per heavy atom. The van der Waals surface area contributed by atoms with Crippen LogP contribution < -0.4 is 15.5 Å². The molecule has 3 heterocycles. The van der Waals surface area contributed by atoms with Crippen molar-refractivity contribution in [2.24, 2.45) is 0 Å². The van der Waals surface area contributed by atoms with E-state index >= 15 is 0 Å². The minimum Gasteiger partial charge on any atom is -0.369 e. The molecular formula is C24H23N7O2S.